The van der Waals surface area contributed by atoms with Gasteiger partial charge in [0.05, 0.1) is 19.8 Å². The van der Waals surface area contributed by atoms with Crippen LogP contribution in [-0.4, -0.2) is 45.0 Å². The van der Waals surface area contributed by atoms with Crippen LogP contribution >= 0.6 is 0 Å². The molecular weight excluding hydrogens is 230 g/mol. The highest BCUT2D eigenvalue weighted by Gasteiger charge is 1.96. The number of hydrogen-bond acceptors (Lipinski definition) is 5. The first kappa shape index (κ1) is 14.7. The number of hydrogen-bond donors (Lipinski definition) is 2. The molecule has 0 aliphatic carbocycles. The van der Waals surface area contributed by atoms with Crippen LogP contribution in [0.15, 0.2) is 18.2 Å². The summed E-state index contributed by atoms with van der Waals surface area (Å²) in [6.07, 6.45) is 1.09. The highest BCUT2D eigenvalue weighted by molar-refractivity contribution is 5.44. The molecule has 0 amide bonds. The van der Waals surface area contributed by atoms with Gasteiger partial charge in [-0.25, -0.2) is 4.98 Å². The van der Waals surface area contributed by atoms with Gasteiger partial charge in [-0.15, -0.1) is 0 Å². The van der Waals surface area contributed by atoms with E-state index in [1.54, 1.807) is 7.11 Å². The number of aromatic nitrogens is 1. The van der Waals surface area contributed by atoms with Crippen LogP contribution in [0.4, 0.5) is 11.6 Å². The molecule has 0 unspecified atom stereocenters. The van der Waals surface area contributed by atoms with Crippen LogP contribution in [0.3, 0.4) is 0 Å². The molecule has 0 aromatic carbocycles. The van der Waals surface area contributed by atoms with Gasteiger partial charge in [-0.2, -0.15) is 0 Å². The minimum absolute atomic E-state index is 0.629. The Bertz CT molecular complexity index is 321. The third-order valence-corrected chi connectivity index (χ3v) is 2.29. The van der Waals surface area contributed by atoms with Gasteiger partial charge in [-0.3, -0.25) is 0 Å². The SMILES string of the molecule is CCCNc1cccc(NCCOCCOC)n1. The molecule has 5 heteroatoms. The quantitative estimate of drug-likeness (QED) is 0.624. The van der Waals surface area contributed by atoms with Gasteiger partial charge >= 0.3 is 0 Å². The van der Waals surface area contributed by atoms with Crippen molar-refractivity contribution >= 4 is 11.6 Å². The first-order valence-corrected chi connectivity index (χ1v) is 6.38. The van der Waals surface area contributed by atoms with Crippen molar-refractivity contribution in [3.63, 3.8) is 0 Å². The van der Waals surface area contributed by atoms with E-state index in [4.69, 9.17) is 9.47 Å². The molecule has 0 bridgehead atoms. The zero-order valence-corrected chi connectivity index (χ0v) is 11.2. The van der Waals surface area contributed by atoms with Crippen LogP contribution in [0.1, 0.15) is 13.3 Å². The smallest absolute Gasteiger partial charge is 0.128 e. The number of rotatable bonds is 10. The predicted octanol–water partition coefficient (Wildman–Crippen LogP) is 1.98. The number of nitrogens with zero attached hydrogens (tertiary/aromatic N) is 1. The lowest BCUT2D eigenvalue weighted by atomic mass is 10.4. The minimum atomic E-state index is 0.629. The molecular formula is C13H23N3O2. The van der Waals surface area contributed by atoms with E-state index in [0.717, 1.165) is 31.1 Å². The average Bonchev–Trinajstić information content (AvgIpc) is 2.41. The Kier molecular flexibility index (Phi) is 7.92. The number of methoxy groups -OCH3 is 1. The fourth-order valence-electron chi connectivity index (χ4n) is 1.38. The standard InChI is InChI=1S/C13H23N3O2/c1-3-7-14-12-5-4-6-13(16-12)15-8-9-18-11-10-17-2/h4-6H,3,7-11H2,1-2H3,(H2,14,15,16). The monoisotopic (exact) mass is 253 g/mol. The van der Waals surface area contributed by atoms with Gasteiger partial charge in [0.2, 0.25) is 0 Å². The van der Waals surface area contributed by atoms with Gasteiger partial charge in [0.25, 0.3) is 0 Å². The molecule has 0 spiro atoms. The summed E-state index contributed by atoms with van der Waals surface area (Å²) in [5.74, 6) is 1.77. The summed E-state index contributed by atoms with van der Waals surface area (Å²) in [5.41, 5.74) is 0. The van der Waals surface area contributed by atoms with Crippen molar-refractivity contribution in [3.8, 4) is 0 Å². The number of anilines is 2. The second kappa shape index (κ2) is 9.67. The molecule has 0 aliphatic rings. The van der Waals surface area contributed by atoms with E-state index >= 15 is 0 Å². The van der Waals surface area contributed by atoms with Crippen LogP contribution in [-0.2, 0) is 9.47 Å². The summed E-state index contributed by atoms with van der Waals surface area (Å²) in [6, 6.07) is 5.90. The number of pyridine rings is 1. The summed E-state index contributed by atoms with van der Waals surface area (Å²) in [7, 11) is 1.67. The molecule has 1 aromatic heterocycles. The van der Waals surface area contributed by atoms with Crippen molar-refractivity contribution in [3.05, 3.63) is 18.2 Å². The zero-order chi connectivity index (χ0) is 13.1. The van der Waals surface area contributed by atoms with Crippen molar-refractivity contribution in [2.75, 3.05) is 50.7 Å². The first-order chi connectivity index (χ1) is 8.86. The molecule has 0 saturated carbocycles. The van der Waals surface area contributed by atoms with E-state index in [-0.39, 0.29) is 0 Å². The van der Waals surface area contributed by atoms with Gasteiger partial charge in [0.1, 0.15) is 11.6 Å². The Morgan fingerprint density at radius 2 is 1.78 bits per heavy atom. The highest BCUT2D eigenvalue weighted by atomic mass is 16.5. The molecule has 18 heavy (non-hydrogen) atoms. The Morgan fingerprint density at radius 3 is 2.44 bits per heavy atom. The van der Waals surface area contributed by atoms with Gasteiger partial charge in [0, 0.05) is 20.2 Å². The van der Waals surface area contributed by atoms with Crippen molar-refractivity contribution in [2.24, 2.45) is 0 Å². The van der Waals surface area contributed by atoms with Gasteiger partial charge < -0.3 is 20.1 Å². The Morgan fingerprint density at radius 1 is 1.06 bits per heavy atom. The van der Waals surface area contributed by atoms with Crippen LogP contribution < -0.4 is 10.6 Å². The lowest BCUT2D eigenvalue weighted by molar-refractivity contribution is 0.0759. The maximum Gasteiger partial charge on any atom is 0.128 e. The normalized spacial score (nSPS) is 10.3. The molecule has 0 aliphatic heterocycles. The van der Waals surface area contributed by atoms with Crippen molar-refractivity contribution in [2.45, 2.75) is 13.3 Å². The fraction of sp³-hybridized carbons (Fsp3) is 0.615. The molecule has 0 saturated heterocycles. The average molecular weight is 253 g/mol. The van der Waals surface area contributed by atoms with E-state index < -0.39 is 0 Å². The first-order valence-electron chi connectivity index (χ1n) is 6.38. The maximum absolute atomic E-state index is 5.36. The second-order valence-corrected chi connectivity index (χ2v) is 3.87. The Balaban J connectivity index is 2.20. The summed E-state index contributed by atoms with van der Waals surface area (Å²) < 4.78 is 10.3. The van der Waals surface area contributed by atoms with Crippen LogP contribution in [0.2, 0.25) is 0 Å². The summed E-state index contributed by atoms with van der Waals surface area (Å²) in [4.78, 5) is 4.44. The minimum Gasteiger partial charge on any atom is -0.382 e. The molecule has 102 valence electrons. The topological polar surface area (TPSA) is 55.4 Å². The van der Waals surface area contributed by atoms with Crippen molar-refractivity contribution < 1.29 is 9.47 Å². The largest absolute Gasteiger partial charge is 0.382 e. The number of nitrogens with one attached hydrogen (secondary N) is 2. The third kappa shape index (κ3) is 6.42. The molecule has 0 atom stereocenters. The Labute approximate surface area is 109 Å². The lowest BCUT2D eigenvalue weighted by Crippen LogP contribution is -2.13. The zero-order valence-electron chi connectivity index (χ0n) is 11.2. The van der Waals surface area contributed by atoms with Crippen LogP contribution in [0.5, 0.6) is 0 Å². The molecule has 1 aromatic rings. The Hall–Kier alpha value is -1.33. The molecule has 5 nitrogen and oxygen atoms in total. The highest BCUT2D eigenvalue weighted by Crippen LogP contribution is 2.08. The van der Waals surface area contributed by atoms with Crippen molar-refractivity contribution in [1.82, 2.24) is 4.98 Å². The van der Waals surface area contributed by atoms with E-state index in [2.05, 4.69) is 22.5 Å². The predicted molar refractivity (Wildman–Crippen MR) is 74.2 cm³/mol. The molecule has 0 fully saturated rings. The van der Waals surface area contributed by atoms with Crippen molar-refractivity contribution in [1.29, 1.82) is 0 Å². The van der Waals surface area contributed by atoms with Gasteiger partial charge in [-0.05, 0) is 18.6 Å². The third-order valence-electron chi connectivity index (χ3n) is 2.29. The molecule has 0 radical (unpaired) electrons. The maximum atomic E-state index is 5.36. The van der Waals surface area contributed by atoms with E-state index in [9.17, 15) is 0 Å². The molecule has 1 rings (SSSR count). The van der Waals surface area contributed by atoms with E-state index in [1.807, 2.05) is 18.2 Å². The second-order valence-electron chi connectivity index (χ2n) is 3.87. The van der Waals surface area contributed by atoms with Crippen LogP contribution in [0.25, 0.3) is 0 Å². The summed E-state index contributed by atoms with van der Waals surface area (Å²) in [6.45, 7) is 5.73. The van der Waals surface area contributed by atoms with Gasteiger partial charge in [-0.1, -0.05) is 13.0 Å². The molecule has 2 N–H and O–H groups in total. The summed E-state index contributed by atoms with van der Waals surface area (Å²) >= 11 is 0. The van der Waals surface area contributed by atoms with E-state index in [0.29, 0.717) is 19.8 Å². The summed E-state index contributed by atoms with van der Waals surface area (Å²) in [5, 5.41) is 6.48. The lowest BCUT2D eigenvalue weighted by Gasteiger charge is -2.09. The van der Waals surface area contributed by atoms with Gasteiger partial charge in [0.15, 0.2) is 0 Å². The van der Waals surface area contributed by atoms with Crippen LogP contribution in [0, 0.1) is 0 Å². The van der Waals surface area contributed by atoms with E-state index in [1.165, 1.54) is 0 Å². The number of ether oxygens (including phenoxy) is 2. The molecule has 1 heterocycles. The fourth-order valence-corrected chi connectivity index (χ4v) is 1.38.